The molecule has 1 aliphatic heterocycles. The molecule has 8 nitrogen and oxygen atoms in total. The SMILES string of the molecule is [C-]#[N+]N1C[C@H](NC(=O)C(C)Oc2ccc(-c3nc(Cc4cccc(Cl)c4)no3)cc2)C[C@H]1C. The van der Waals surface area contributed by atoms with Crippen LogP contribution >= 0.6 is 11.6 Å². The third-order valence-corrected chi connectivity index (χ3v) is 5.75. The van der Waals surface area contributed by atoms with Gasteiger partial charge in [-0.2, -0.15) is 16.5 Å². The van der Waals surface area contributed by atoms with E-state index in [0.29, 0.717) is 35.5 Å². The lowest BCUT2D eigenvalue weighted by Gasteiger charge is -2.17. The van der Waals surface area contributed by atoms with Crippen LogP contribution < -0.4 is 10.1 Å². The smallest absolute Gasteiger partial charge is 0.261 e. The van der Waals surface area contributed by atoms with Crippen LogP contribution in [0.4, 0.5) is 0 Å². The Kier molecular flexibility index (Phi) is 6.80. The molecule has 0 bridgehead atoms. The highest BCUT2D eigenvalue weighted by Crippen LogP contribution is 2.23. The molecular formula is C24H24ClN5O3. The molecule has 0 saturated carbocycles. The van der Waals surface area contributed by atoms with Crippen molar-refractivity contribution < 1.29 is 14.1 Å². The van der Waals surface area contributed by atoms with Crippen molar-refractivity contribution in [2.75, 3.05) is 6.54 Å². The van der Waals surface area contributed by atoms with Gasteiger partial charge < -0.3 is 14.6 Å². The van der Waals surface area contributed by atoms with Crippen LogP contribution in [0.1, 0.15) is 31.7 Å². The van der Waals surface area contributed by atoms with Crippen molar-refractivity contribution in [1.29, 1.82) is 0 Å². The predicted octanol–water partition coefficient (Wildman–Crippen LogP) is 4.16. The molecule has 1 fully saturated rings. The molecule has 3 atom stereocenters. The number of hydrogen-bond acceptors (Lipinski definition) is 6. The van der Waals surface area contributed by atoms with E-state index in [0.717, 1.165) is 17.5 Å². The van der Waals surface area contributed by atoms with Gasteiger partial charge in [-0.05, 0) is 62.2 Å². The largest absolute Gasteiger partial charge is 0.481 e. The van der Waals surface area contributed by atoms with Gasteiger partial charge in [0, 0.05) is 17.0 Å². The van der Waals surface area contributed by atoms with E-state index in [9.17, 15) is 4.79 Å². The Morgan fingerprint density at radius 3 is 2.85 bits per heavy atom. The standard InChI is InChI=1S/C24H24ClN5O3/c1-15-11-20(14-30(15)26-3)27-23(31)16(2)32-21-9-7-18(8-10-21)24-28-22(29-33-24)13-17-5-4-6-19(25)12-17/h4-10,12,15-16,20H,11,13-14H2,1-2H3,(H,27,31)/t15-,16?,20-/m1/s1. The van der Waals surface area contributed by atoms with Gasteiger partial charge in [0.05, 0.1) is 12.1 Å². The molecule has 0 radical (unpaired) electrons. The van der Waals surface area contributed by atoms with Crippen LogP contribution in [0.5, 0.6) is 5.75 Å². The average molecular weight is 466 g/mol. The van der Waals surface area contributed by atoms with E-state index in [1.165, 1.54) is 0 Å². The molecule has 1 N–H and O–H groups in total. The Morgan fingerprint density at radius 2 is 2.15 bits per heavy atom. The number of amides is 1. The molecule has 2 heterocycles. The molecule has 1 amide bonds. The number of ether oxygens (including phenoxy) is 1. The third kappa shape index (κ3) is 5.62. The molecule has 1 unspecified atom stereocenters. The van der Waals surface area contributed by atoms with E-state index in [2.05, 4.69) is 20.4 Å². The first-order valence-electron chi connectivity index (χ1n) is 10.7. The second-order valence-electron chi connectivity index (χ2n) is 8.12. The quantitative estimate of drug-likeness (QED) is 0.527. The first-order valence-corrected chi connectivity index (χ1v) is 11.1. The molecule has 9 heteroatoms. The summed E-state index contributed by atoms with van der Waals surface area (Å²) >= 11 is 6.03. The van der Waals surface area contributed by atoms with Crippen LogP contribution in [0, 0.1) is 6.57 Å². The van der Waals surface area contributed by atoms with Gasteiger partial charge in [0.2, 0.25) is 0 Å². The Morgan fingerprint density at radius 1 is 1.36 bits per heavy atom. The summed E-state index contributed by atoms with van der Waals surface area (Å²) in [5.74, 6) is 1.33. The van der Waals surface area contributed by atoms with Gasteiger partial charge in [-0.25, -0.2) is 0 Å². The number of aromatic nitrogens is 2. The van der Waals surface area contributed by atoms with Gasteiger partial charge in [0.1, 0.15) is 12.3 Å². The highest BCUT2D eigenvalue weighted by Gasteiger charge is 2.34. The van der Waals surface area contributed by atoms with Gasteiger partial charge in [0.15, 0.2) is 11.9 Å². The van der Waals surface area contributed by atoms with Crippen LogP contribution in [-0.2, 0) is 11.2 Å². The van der Waals surface area contributed by atoms with Crippen molar-refractivity contribution in [3.05, 3.63) is 76.5 Å². The van der Waals surface area contributed by atoms with E-state index < -0.39 is 6.10 Å². The van der Waals surface area contributed by atoms with E-state index in [4.69, 9.17) is 27.4 Å². The molecule has 170 valence electrons. The minimum absolute atomic E-state index is 0.0475. The maximum absolute atomic E-state index is 12.5. The average Bonchev–Trinajstić information content (AvgIpc) is 3.40. The van der Waals surface area contributed by atoms with Gasteiger partial charge in [-0.3, -0.25) is 4.79 Å². The maximum atomic E-state index is 12.5. The molecule has 0 spiro atoms. The van der Waals surface area contributed by atoms with Crippen molar-refractivity contribution in [2.45, 2.75) is 44.9 Å². The van der Waals surface area contributed by atoms with Gasteiger partial charge >= 0.3 is 0 Å². The Hall–Kier alpha value is -3.57. The van der Waals surface area contributed by atoms with Gasteiger partial charge in [0.25, 0.3) is 11.8 Å². The van der Waals surface area contributed by atoms with Crippen molar-refractivity contribution in [3.8, 4) is 17.2 Å². The summed E-state index contributed by atoms with van der Waals surface area (Å²) in [4.78, 5) is 20.4. The molecule has 1 saturated heterocycles. The van der Waals surface area contributed by atoms with Crippen molar-refractivity contribution in [2.24, 2.45) is 0 Å². The summed E-state index contributed by atoms with van der Waals surface area (Å²) in [6.07, 6.45) is 0.602. The van der Waals surface area contributed by atoms with Gasteiger partial charge in [-0.1, -0.05) is 28.9 Å². The minimum atomic E-state index is -0.666. The number of hydrogen-bond donors (Lipinski definition) is 1. The number of halogens is 1. The van der Waals surface area contributed by atoms with Crippen molar-refractivity contribution in [1.82, 2.24) is 20.5 Å². The van der Waals surface area contributed by atoms with E-state index in [1.807, 2.05) is 43.3 Å². The zero-order valence-corrected chi connectivity index (χ0v) is 19.1. The van der Waals surface area contributed by atoms with Crippen LogP contribution in [0.3, 0.4) is 0 Å². The molecule has 2 aromatic carbocycles. The minimum Gasteiger partial charge on any atom is -0.481 e. The second kappa shape index (κ2) is 9.92. The second-order valence-corrected chi connectivity index (χ2v) is 8.56. The maximum Gasteiger partial charge on any atom is 0.261 e. The Bertz CT molecular complexity index is 1160. The summed E-state index contributed by atoms with van der Waals surface area (Å²) in [5.41, 5.74) is 1.75. The van der Waals surface area contributed by atoms with Crippen LogP contribution in [-0.4, -0.2) is 45.8 Å². The molecule has 1 aromatic heterocycles. The zero-order valence-electron chi connectivity index (χ0n) is 18.4. The summed E-state index contributed by atoms with van der Waals surface area (Å²) in [7, 11) is 0. The van der Waals surface area contributed by atoms with Crippen LogP contribution in [0.2, 0.25) is 5.02 Å². The molecule has 3 aromatic rings. The van der Waals surface area contributed by atoms with E-state index >= 15 is 0 Å². The fourth-order valence-electron chi connectivity index (χ4n) is 3.78. The highest BCUT2D eigenvalue weighted by molar-refractivity contribution is 6.30. The zero-order chi connectivity index (χ0) is 23.4. The number of nitrogens with zero attached hydrogens (tertiary/aromatic N) is 4. The number of carbonyl (C=O) groups is 1. The number of nitrogens with one attached hydrogen (secondary N) is 1. The summed E-state index contributed by atoms with van der Waals surface area (Å²) in [6.45, 7) is 11.4. The first-order chi connectivity index (χ1) is 15.9. The fraction of sp³-hybridized carbons (Fsp3) is 0.333. The van der Waals surface area contributed by atoms with E-state index in [1.54, 1.807) is 24.1 Å². The van der Waals surface area contributed by atoms with Crippen LogP contribution in [0.15, 0.2) is 53.1 Å². The number of carbonyl (C=O) groups excluding carboxylic acids is 1. The lowest BCUT2D eigenvalue weighted by Crippen LogP contribution is -2.43. The monoisotopic (exact) mass is 465 g/mol. The molecule has 33 heavy (non-hydrogen) atoms. The molecular weight excluding hydrogens is 442 g/mol. The number of benzene rings is 2. The van der Waals surface area contributed by atoms with Crippen molar-refractivity contribution in [3.63, 3.8) is 0 Å². The topological polar surface area (TPSA) is 84.9 Å². The lowest BCUT2D eigenvalue weighted by atomic mass is 10.1. The lowest BCUT2D eigenvalue weighted by molar-refractivity contribution is -0.127. The number of rotatable bonds is 7. The Balaban J connectivity index is 1.32. The van der Waals surface area contributed by atoms with E-state index in [-0.39, 0.29) is 18.0 Å². The summed E-state index contributed by atoms with van der Waals surface area (Å²) in [6, 6.07) is 14.8. The predicted molar refractivity (Wildman–Crippen MR) is 123 cm³/mol. The van der Waals surface area contributed by atoms with Crippen LogP contribution in [0.25, 0.3) is 16.4 Å². The first kappa shape index (κ1) is 22.6. The Labute approximate surface area is 197 Å². The fourth-order valence-corrected chi connectivity index (χ4v) is 4.00. The summed E-state index contributed by atoms with van der Waals surface area (Å²) in [5, 5.41) is 9.33. The summed E-state index contributed by atoms with van der Waals surface area (Å²) < 4.78 is 11.2. The highest BCUT2D eigenvalue weighted by atomic mass is 35.5. The normalized spacial score (nSPS) is 18.5. The third-order valence-electron chi connectivity index (χ3n) is 5.52. The van der Waals surface area contributed by atoms with Crippen molar-refractivity contribution >= 4 is 17.5 Å². The molecule has 4 rings (SSSR count). The van der Waals surface area contributed by atoms with Gasteiger partial charge in [-0.15, -0.1) is 5.01 Å². The molecule has 1 aliphatic rings. The molecule has 0 aliphatic carbocycles.